The number of aliphatic hydroxyl groups is 1. The Morgan fingerprint density at radius 2 is 1.67 bits per heavy atom. The average molecular weight is 289 g/mol. The van der Waals surface area contributed by atoms with E-state index in [1.54, 1.807) is 0 Å². The molecule has 0 aromatic carbocycles. The van der Waals surface area contributed by atoms with Crippen LogP contribution >= 0.6 is 0 Å². The van der Waals surface area contributed by atoms with E-state index in [-0.39, 0.29) is 0 Å². The minimum Gasteiger partial charge on any atom is -0.388 e. The van der Waals surface area contributed by atoms with Crippen LogP contribution in [-0.2, 0) is 0 Å². The minimum atomic E-state index is -0.705. The first-order valence-corrected chi connectivity index (χ1v) is 9.21. The van der Waals surface area contributed by atoms with Crippen LogP contribution < -0.4 is 0 Å². The molecule has 0 bridgehead atoms. The molecule has 3 saturated carbocycles. The molecule has 2 unspecified atom stereocenters. The Labute approximate surface area is 129 Å². The zero-order valence-corrected chi connectivity index (χ0v) is 13.7. The van der Waals surface area contributed by atoms with Gasteiger partial charge in [-0.15, -0.1) is 0 Å². The summed E-state index contributed by atoms with van der Waals surface area (Å²) in [6, 6.07) is 2.62. The highest BCUT2D eigenvalue weighted by Gasteiger charge is 2.55. The first-order chi connectivity index (χ1) is 10.1. The molecule has 3 aliphatic carbocycles. The molecule has 0 aliphatic heterocycles. The maximum Gasteiger partial charge on any atom is 0.0862 e. The van der Waals surface area contributed by atoms with Crippen LogP contribution in [-0.4, -0.2) is 10.7 Å². The summed E-state index contributed by atoms with van der Waals surface area (Å²) in [4.78, 5) is 0. The lowest BCUT2D eigenvalue weighted by molar-refractivity contribution is -0.124. The molecular formula is C19H31NO. The van der Waals surface area contributed by atoms with Gasteiger partial charge in [0.1, 0.15) is 0 Å². The normalized spacial score (nSPS) is 38.2. The van der Waals surface area contributed by atoms with Gasteiger partial charge < -0.3 is 5.11 Å². The van der Waals surface area contributed by atoms with Gasteiger partial charge in [-0.2, -0.15) is 5.26 Å². The van der Waals surface area contributed by atoms with Crippen LogP contribution in [0.1, 0.15) is 90.4 Å². The number of nitrogens with zero attached hydrogens (tertiary/aromatic N) is 1. The maximum absolute atomic E-state index is 11.4. The Kier molecular flexibility index (Phi) is 4.08. The van der Waals surface area contributed by atoms with Gasteiger partial charge in [-0.1, -0.05) is 39.0 Å². The monoisotopic (exact) mass is 289 g/mol. The summed E-state index contributed by atoms with van der Waals surface area (Å²) in [5, 5.41) is 21.3. The van der Waals surface area contributed by atoms with E-state index in [2.05, 4.69) is 13.0 Å². The average Bonchev–Trinajstić information content (AvgIpc) is 2.99. The standard InChI is InChI=1S/C19H31NO/c1-2-16-6-5-9-18(14-16,15-20)19(21)12-10-17(11-13-19)7-3-4-8-17/h16,21H,2-14H2,1H3. The van der Waals surface area contributed by atoms with Crippen molar-refractivity contribution in [2.45, 2.75) is 96.0 Å². The predicted octanol–water partition coefficient (Wildman–Crippen LogP) is 4.96. The summed E-state index contributed by atoms with van der Waals surface area (Å²) in [5.41, 5.74) is -0.628. The summed E-state index contributed by atoms with van der Waals surface area (Å²) >= 11 is 0. The number of hydrogen-bond acceptors (Lipinski definition) is 2. The van der Waals surface area contributed by atoms with Crippen LogP contribution in [0.2, 0.25) is 0 Å². The first-order valence-electron chi connectivity index (χ1n) is 9.21. The van der Waals surface area contributed by atoms with Crippen molar-refractivity contribution < 1.29 is 5.11 Å². The Hall–Kier alpha value is -0.550. The lowest BCUT2D eigenvalue weighted by Crippen LogP contribution is -2.53. The van der Waals surface area contributed by atoms with Crippen molar-refractivity contribution in [1.82, 2.24) is 0 Å². The number of rotatable bonds is 2. The van der Waals surface area contributed by atoms with E-state index < -0.39 is 11.0 Å². The van der Waals surface area contributed by atoms with Crippen LogP contribution in [0.4, 0.5) is 0 Å². The molecular weight excluding hydrogens is 258 g/mol. The van der Waals surface area contributed by atoms with Gasteiger partial charge in [-0.25, -0.2) is 0 Å². The Bertz CT molecular complexity index is 408. The molecule has 118 valence electrons. The van der Waals surface area contributed by atoms with Gasteiger partial charge in [0, 0.05) is 0 Å². The second-order valence-electron chi connectivity index (χ2n) is 8.30. The van der Waals surface area contributed by atoms with E-state index in [4.69, 9.17) is 0 Å². The molecule has 3 aliphatic rings. The highest BCUT2D eigenvalue weighted by Crippen LogP contribution is 2.58. The zero-order chi connectivity index (χ0) is 15.0. The van der Waals surface area contributed by atoms with E-state index in [0.29, 0.717) is 11.3 Å². The maximum atomic E-state index is 11.4. The molecule has 0 amide bonds. The van der Waals surface area contributed by atoms with Gasteiger partial charge in [0.05, 0.1) is 17.1 Å². The van der Waals surface area contributed by atoms with E-state index in [0.717, 1.165) is 51.4 Å². The first kappa shape index (κ1) is 15.3. The van der Waals surface area contributed by atoms with Gasteiger partial charge in [0.2, 0.25) is 0 Å². The number of nitriles is 1. The fourth-order valence-corrected chi connectivity index (χ4v) is 5.66. The van der Waals surface area contributed by atoms with E-state index in [9.17, 15) is 10.4 Å². The molecule has 3 fully saturated rings. The molecule has 0 saturated heterocycles. The van der Waals surface area contributed by atoms with Crippen molar-refractivity contribution >= 4 is 0 Å². The molecule has 1 spiro atoms. The Morgan fingerprint density at radius 1 is 1.00 bits per heavy atom. The highest BCUT2D eigenvalue weighted by molar-refractivity contribution is 5.15. The molecule has 0 aromatic heterocycles. The molecule has 3 rings (SSSR count). The Balaban J connectivity index is 1.76. The Morgan fingerprint density at radius 3 is 2.24 bits per heavy atom. The van der Waals surface area contributed by atoms with Crippen LogP contribution in [0.15, 0.2) is 0 Å². The van der Waals surface area contributed by atoms with Gasteiger partial charge in [-0.3, -0.25) is 0 Å². The van der Waals surface area contributed by atoms with E-state index in [1.165, 1.54) is 32.1 Å². The summed E-state index contributed by atoms with van der Waals surface area (Å²) in [6.45, 7) is 2.23. The number of hydrogen-bond donors (Lipinski definition) is 1. The largest absolute Gasteiger partial charge is 0.388 e. The van der Waals surface area contributed by atoms with Crippen molar-refractivity contribution in [3.8, 4) is 6.07 Å². The SMILES string of the molecule is CCC1CCCC(C#N)(C2(O)CCC3(CCCC3)CC2)C1. The van der Waals surface area contributed by atoms with Gasteiger partial charge in [0.25, 0.3) is 0 Å². The summed E-state index contributed by atoms with van der Waals surface area (Å²) < 4.78 is 0. The summed E-state index contributed by atoms with van der Waals surface area (Å²) in [6.07, 6.45) is 14.9. The quantitative estimate of drug-likeness (QED) is 0.780. The molecule has 2 heteroatoms. The third-order valence-corrected chi connectivity index (χ3v) is 7.34. The summed E-state index contributed by atoms with van der Waals surface area (Å²) in [5.74, 6) is 0.643. The van der Waals surface area contributed by atoms with E-state index >= 15 is 0 Å². The van der Waals surface area contributed by atoms with Crippen LogP contribution in [0, 0.1) is 28.1 Å². The third kappa shape index (κ3) is 2.52. The van der Waals surface area contributed by atoms with Crippen molar-refractivity contribution in [2.24, 2.45) is 16.7 Å². The van der Waals surface area contributed by atoms with Crippen LogP contribution in [0.3, 0.4) is 0 Å². The second kappa shape index (κ2) is 5.58. The third-order valence-electron chi connectivity index (χ3n) is 7.34. The molecule has 0 radical (unpaired) electrons. The lowest BCUT2D eigenvalue weighted by atomic mass is 9.54. The summed E-state index contributed by atoms with van der Waals surface area (Å²) in [7, 11) is 0. The predicted molar refractivity (Wildman–Crippen MR) is 84.6 cm³/mol. The van der Waals surface area contributed by atoms with Crippen molar-refractivity contribution in [3.63, 3.8) is 0 Å². The molecule has 21 heavy (non-hydrogen) atoms. The topological polar surface area (TPSA) is 44.0 Å². The van der Waals surface area contributed by atoms with Gasteiger partial charge in [0.15, 0.2) is 0 Å². The fourth-order valence-electron chi connectivity index (χ4n) is 5.66. The smallest absolute Gasteiger partial charge is 0.0862 e. The zero-order valence-electron chi connectivity index (χ0n) is 13.7. The van der Waals surface area contributed by atoms with E-state index in [1.807, 2.05) is 0 Å². The van der Waals surface area contributed by atoms with Crippen LogP contribution in [0.25, 0.3) is 0 Å². The fraction of sp³-hybridized carbons (Fsp3) is 0.947. The molecule has 2 nitrogen and oxygen atoms in total. The molecule has 0 aromatic rings. The molecule has 0 heterocycles. The lowest BCUT2D eigenvalue weighted by Gasteiger charge is -2.52. The second-order valence-corrected chi connectivity index (χ2v) is 8.30. The van der Waals surface area contributed by atoms with Crippen molar-refractivity contribution in [1.29, 1.82) is 5.26 Å². The van der Waals surface area contributed by atoms with Gasteiger partial charge in [-0.05, 0) is 62.7 Å². The van der Waals surface area contributed by atoms with Crippen LogP contribution in [0.5, 0.6) is 0 Å². The van der Waals surface area contributed by atoms with Crippen molar-refractivity contribution in [2.75, 3.05) is 0 Å². The van der Waals surface area contributed by atoms with Crippen molar-refractivity contribution in [3.05, 3.63) is 0 Å². The van der Waals surface area contributed by atoms with Gasteiger partial charge >= 0.3 is 0 Å². The highest BCUT2D eigenvalue weighted by atomic mass is 16.3. The molecule has 2 atom stereocenters. The minimum absolute atomic E-state index is 0.452. The molecule has 1 N–H and O–H groups in total.